The Labute approximate surface area is 136 Å². The minimum absolute atomic E-state index is 0.00345. The molecule has 1 aliphatic heterocycles. The maximum Gasteiger partial charge on any atom is 0.251 e. The van der Waals surface area contributed by atoms with Crippen molar-refractivity contribution in [2.24, 2.45) is 35.0 Å². The quantitative estimate of drug-likeness (QED) is 0.774. The second kappa shape index (κ2) is 3.83. The lowest BCUT2D eigenvalue weighted by Gasteiger charge is -2.76. The van der Waals surface area contributed by atoms with E-state index >= 15 is 0 Å². The van der Waals surface area contributed by atoms with Gasteiger partial charge in [-0.25, -0.2) is 0 Å². The van der Waals surface area contributed by atoms with Crippen LogP contribution in [0.3, 0.4) is 0 Å². The van der Waals surface area contributed by atoms with E-state index in [1.807, 2.05) is 24.3 Å². The van der Waals surface area contributed by atoms with Crippen molar-refractivity contribution in [2.75, 3.05) is 6.54 Å². The second-order valence-electron chi connectivity index (χ2n) is 8.95. The van der Waals surface area contributed by atoms with Crippen LogP contribution >= 0.6 is 0 Å². The second-order valence-corrected chi connectivity index (χ2v) is 8.95. The fourth-order valence-electron chi connectivity index (χ4n) is 8.00. The molecule has 0 aromatic heterocycles. The first-order chi connectivity index (χ1) is 11.1. The van der Waals surface area contributed by atoms with Gasteiger partial charge in [-0.2, -0.15) is 0 Å². The van der Waals surface area contributed by atoms with Crippen LogP contribution in [0.15, 0.2) is 24.3 Å². The number of carbonyl (C=O) groups excluding carboxylic acids is 1. The highest BCUT2D eigenvalue weighted by atomic mass is 16.3. The Bertz CT molecular complexity index is 714. The SMILES string of the molecule is O=C1NC[C@H]2C34C[C@@H]5CC(C[C@@H](C5)C3)[C@@H]4[C@@]2(O)c2ccccc21. The average Bonchev–Trinajstić information content (AvgIpc) is 2.61. The molecule has 7 atom stereocenters. The molecule has 3 nitrogen and oxygen atoms in total. The van der Waals surface area contributed by atoms with Crippen molar-refractivity contribution < 1.29 is 9.90 Å². The molecule has 5 aliphatic carbocycles. The van der Waals surface area contributed by atoms with Crippen LogP contribution in [0.25, 0.3) is 0 Å². The molecule has 23 heavy (non-hydrogen) atoms. The Hall–Kier alpha value is -1.35. The van der Waals surface area contributed by atoms with Gasteiger partial charge in [-0.3, -0.25) is 4.79 Å². The predicted molar refractivity (Wildman–Crippen MR) is 85.6 cm³/mol. The number of hydrogen-bond acceptors (Lipinski definition) is 2. The van der Waals surface area contributed by atoms with E-state index in [0.29, 0.717) is 29.4 Å². The Morgan fingerprint density at radius 3 is 2.61 bits per heavy atom. The molecule has 7 rings (SSSR count). The first-order valence-electron chi connectivity index (χ1n) is 9.23. The summed E-state index contributed by atoms with van der Waals surface area (Å²) in [7, 11) is 0. The molecule has 5 fully saturated rings. The van der Waals surface area contributed by atoms with Gasteiger partial charge in [-0.15, -0.1) is 0 Å². The summed E-state index contributed by atoms with van der Waals surface area (Å²) in [6.07, 6.45) is 6.60. The number of hydrogen-bond donors (Lipinski definition) is 2. The summed E-state index contributed by atoms with van der Waals surface area (Å²) in [4.78, 5) is 12.5. The third kappa shape index (κ3) is 1.29. The fraction of sp³-hybridized carbons (Fsp3) is 0.650. The van der Waals surface area contributed by atoms with Crippen LogP contribution in [-0.2, 0) is 5.60 Å². The van der Waals surface area contributed by atoms with Gasteiger partial charge < -0.3 is 10.4 Å². The molecule has 6 aliphatic rings. The Morgan fingerprint density at radius 2 is 1.83 bits per heavy atom. The van der Waals surface area contributed by atoms with Crippen molar-refractivity contribution in [3.63, 3.8) is 0 Å². The van der Waals surface area contributed by atoms with Gasteiger partial charge >= 0.3 is 0 Å². The Kier molecular flexibility index (Phi) is 2.16. The average molecular weight is 309 g/mol. The van der Waals surface area contributed by atoms with Crippen LogP contribution in [0, 0.1) is 35.0 Å². The maximum atomic E-state index is 12.5. The zero-order valence-corrected chi connectivity index (χ0v) is 13.3. The van der Waals surface area contributed by atoms with Crippen LogP contribution < -0.4 is 5.32 Å². The van der Waals surface area contributed by atoms with Gasteiger partial charge in [0.1, 0.15) is 0 Å². The van der Waals surface area contributed by atoms with Gasteiger partial charge in [0.25, 0.3) is 5.91 Å². The zero-order valence-electron chi connectivity index (χ0n) is 13.3. The van der Waals surface area contributed by atoms with E-state index in [-0.39, 0.29) is 11.8 Å². The normalized spacial score (nSPS) is 51.9. The van der Waals surface area contributed by atoms with Crippen molar-refractivity contribution >= 4 is 5.91 Å². The fourth-order valence-corrected chi connectivity index (χ4v) is 8.00. The van der Waals surface area contributed by atoms with Gasteiger partial charge in [0, 0.05) is 23.9 Å². The lowest BCUT2D eigenvalue weighted by molar-refractivity contribution is -0.336. The molecule has 1 amide bonds. The number of fused-ring (bicyclic) bond motifs is 3. The molecule has 1 aromatic rings. The van der Waals surface area contributed by atoms with Crippen LogP contribution in [0.4, 0.5) is 0 Å². The third-order valence-electron chi connectivity index (χ3n) is 8.14. The highest BCUT2D eigenvalue weighted by molar-refractivity contribution is 5.96. The van der Waals surface area contributed by atoms with Gasteiger partial charge in [-0.05, 0) is 66.9 Å². The van der Waals surface area contributed by atoms with Gasteiger partial charge in [-0.1, -0.05) is 18.2 Å². The van der Waals surface area contributed by atoms with Gasteiger partial charge in [0.15, 0.2) is 0 Å². The number of aliphatic hydroxyl groups is 1. The smallest absolute Gasteiger partial charge is 0.251 e. The summed E-state index contributed by atoms with van der Waals surface area (Å²) in [5.74, 6) is 3.01. The maximum absolute atomic E-state index is 12.5. The molecule has 3 heteroatoms. The summed E-state index contributed by atoms with van der Waals surface area (Å²) in [5, 5.41) is 15.0. The third-order valence-corrected chi connectivity index (χ3v) is 8.14. The highest BCUT2D eigenvalue weighted by Crippen LogP contribution is 2.78. The van der Waals surface area contributed by atoms with E-state index in [2.05, 4.69) is 5.32 Å². The zero-order chi connectivity index (χ0) is 15.4. The molecule has 2 unspecified atom stereocenters. The number of amides is 1. The highest BCUT2D eigenvalue weighted by Gasteiger charge is 2.77. The van der Waals surface area contributed by atoms with Crippen molar-refractivity contribution in [3.8, 4) is 0 Å². The molecule has 1 spiro atoms. The lowest BCUT2D eigenvalue weighted by Crippen LogP contribution is -2.76. The summed E-state index contributed by atoms with van der Waals surface area (Å²) in [5.41, 5.74) is 1.12. The van der Waals surface area contributed by atoms with E-state index < -0.39 is 5.60 Å². The minimum atomic E-state index is -0.784. The predicted octanol–water partition coefficient (Wildman–Crippen LogP) is 2.69. The van der Waals surface area contributed by atoms with E-state index in [9.17, 15) is 9.90 Å². The van der Waals surface area contributed by atoms with E-state index in [4.69, 9.17) is 0 Å². The van der Waals surface area contributed by atoms with E-state index in [0.717, 1.165) is 17.4 Å². The molecule has 0 radical (unpaired) electrons. The van der Waals surface area contributed by atoms with Crippen molar-refractivity contribution in [2.45, 2.75) is 37.7 Å². The topological polar surface area (TPSA) is 49.3 Å². The summed E-state index contributed by atoms with van der Waals surface area (Å²) in [6, 6.07) is 7.78. The Balaban J connectivity index is 1.56. The minimum Gasteiger partial charge on any atom is -0.384 e. The lowest BCUT2D eigenvalue weighted by atomic mass is 9.29. The summed E-state index contributed by atoms with van der Waals surface area (Å²) < 4.78 is 0. The first-order valence-corrected chi connectivity index (χ1v) is 9.23. The summed E-state index contributed by atoms with van der Waals surface area (Å²) >= 11 is 0. The molecular weight excluding hydrogens is 286 g/mol. The van der Waals surface area contributed by atoms with E-state index in [1.54, 1.807) is 0 Å². The van der Waals surface area contributed by atoms with Crippen LogP contribution in [-0.4, -0.2) is 17.6 Å². The molecule has 5 saturated carbocycles. The monoisotopic (exact) mass is 309 g/mol. The number of nitrogens with one attached hydrogen (secondary N) is 1. The largest absolute Gasteiger partial charge is 0.384 e. The first kappa shape index (κ1) is 13.0. The molecule has 1 aromatic carbocycles. The standard InChI is InChI=1S/C20H23NO2/c22-18-14-3-1-2-4-15(14)20(23)16(10-21-18)19-8-11-5-12(9-19)7-13(6-11)17(19)20/h1-4,11-13,16-17,23H,5-10H2,(H,21,22)/t11-,12+,13?,16-,17-,19?,20+/m0/s1. The molecular formula is C20H23NO2. The Morgan fingerprint density at radius 1 is 1.09 bits per heavy atom. The van der Waals surface area contributed by atoms with Crippen LogP contribution in [0.5, 0.6) is 0 Å². The van der Waals surface area contributed by atoms with Gasteiger partial charge in [0.05, 0.1) is 5.60 Å². The van der Waals surface area contributed by atoms with Crippen LogP contribution in [0.2, 0.25) is 0 Å². The molecule has 2 N–H and O–H groups in total. The molecule has 1 heterocycles. The molecule has 4 bridgehead atoms. The summed E-state index contributed by atoms with van der Waals surface area (Å²) in [6.45, 7) is 0.646. The molecule has 0 saturated heterocycles. The van der Waals surface area contributed by atoms with Crippen molar-refractivity contribution in [1.82, 2.24) is 5.32 Å². The number of benzene rings is 1. The number of rotatable bonds is 0. The molecule has 120 valence electrons. The van der Waals surface area contributed by atoms with E-state index in [1.165, 1.54) is 32.1 Å². The van der Waals surface area contributed by atoms with Crippen LogP contribution in [0.1, 0.15) is 48.0 Å². The van der Waals surface area contributed by atoms with Crippen molar-refractivity contribution in [1.29, 1.82) is 0 Å². The number of carbonyl (C=O) groups is 1. The van der Waals surface area contributed by atoms with Crippen molar-refractivity contribution in [3.05, 3.63) is 35.4 Å². The van der Waals surface area contributed by atoms with Gasteiger partial charge in [0.2, 0.25) is 0 Å².